The number of hydrogen-bond donors (Lipinski definition) is 1. The molecule has 0 aliphatic carbocycles. The van der Waals surface area contributed by atoms with Gasteiger partial charge in [0.25, 0.3) is 0 Å². The minimum Gasteiger partial charge on any atom is -0.444 e. The SMILES string of the molecule is CN=C(NCc1nc(C)c(C)o1)N1CCN(c2cnn(C)c2)C(=O)C1. The summed E-state index contributed by atoms with van der Waals surface area (Å²) in [5.41, 5.74) is 1.70. The van der Waals surface area contributed by atoms with Gasteiger partial charge in [-0.05, 0) is 13.8 Å². The number of piperazine rings is 1. The number of oxazole rings is 1. The second-order valence-corrected chi connectivity index (χ2v) is 5.99. The van der Waals surface area contributed by atoms with Crippen molar-refractivity contribution in [1.82, 2.24) is 25.0 Å². The first-order chi connectivity index (χ1) is 12.0. The standard InChI is InChI=1S/C16H23N7O2/c1-11-12(2)25-14(20-11)8-18-16(17-3)22-5-6-23(15(24)10-22)13-7-19-21(4)9-13/h7,9H,5-6,8,10H2,1-4H3,(H,17,18). The molecule has 1 aliphatic heterocycles. The van der Waals surface area contributed by atoms with Crippen molar-refractivity contribution >= 4 is 17.6 Å². The molecule has 2 aromatic heterocycles. The van der Waals surface area contributed by atoms with Gasteiger partial charge in [-0.2, -0.15) is 5.10 Å². The van der Waals surface area contributed by atoms with Crippen LogP contribution in [0.15, 0.2) is 21.8 Å². The number of carbonyl (C=O) groups is 1. The fourth-order valence-electron chi connectivity index (χ4n) is 2.78. The molecular formula is C16H23N7O2. The van der Waals surface area contributed by atoms with E-state index in [2.05, 4.69) is 20.4 Å². The molecule has 3 heterocycles. The molecule has 9 heteroatoms. The Balaban J connectivity index is 1.60. The summed E-state index contributed by atoms with van der Waals surface area (Å²) in [6.45, 7) is 5.76. The molecule has 9 nitrogen and oxygen atoms in total. The third-order valence-electron chi connectivity index (χ3n) is 4.21. The van der Waals surface area contributed by atoms with Crippen molar-refractivity contribution in [3.63, 3.8) is 0 Å². The van der Waals surface area contributed by atoms with Crippen LogP contribution in [0, 0.1) is 13.8 Å². The number of nitrogens with one attached hydrogen (secondary N) is 1. The predicted octanol–water partition coefficient (Wildman–Crippen LogP) is 0.449. The van der Waals surface area contributed by atoms with Crippen LogP contribution in [0.2, 0.25) is 0 Å². The summed E-state index contributed by atoms with van der Waals surface area (Å²) < 4.78 is 7.25. The van der Waals surface area contributed by atoms with Gasteiger partial charge in [0.15, 0.2) is 5.96 Å². The van der Waals surface area contributed by atoms with Crippen molar-refractivity contribution in [1.29, 1.82) is 0 Å². The lowest BCUT2D eigenvalue weighted by atomic mass is 10.3. The summed E-state index contributed by atoms with van der Waals surface area (Å²) in [4.78, 5) is 24.8. The Kier molecular flexibility index (Phi) is 4.73. The molecule has 1 aliphatic rings. The number of aryl methyl sites for hydroxylation is 3. The van der Waals surface area contributed by atoms with E-state index >= 15 is 0 Å². The van der Waals surface area contributed by atoms with Crippen LogP contribution in [0.5, 0.6) is 0 Å². The van der Waals surface area contributed by atoms with Gasteiger partial charge in [-0.1, -0.05) is 0 Å². The van der Waals surface area contributed by atoms with Crippen molar-refractivity contribution < 1.29 is 9.21 Å². The highest BCUT2D eigenvalue weighted by molar-refractivity contribution is 5.98. The van der Waals surface area contributed by atoms with Crippen LogP contribution in [0.25, 0.3) is 0 Å². The molecule has 2 aromatic rings. The summed E-state index contributed by atoms with van der Waals surface area (Å²) in [5, 5.41) is 7.33. The minimum absolute atomic E-state index is 0.0185. The Hall–Kier alpha value is -2.84. The van der Waals surface area contributed by atoms with Crippen LogP contribution in [-0.2, 0) is 18.4 Å². The third-order valence-corrected chi connectivity index (χ3v) is 4.21. The Bertz CT molecular complexity index is 773. The highest BCUT2D eigenvalue weighted by Crippen LogP contribution is 2.16. The van der Waals surface area contributed by atoms with Crippen molar-refractivity contribution in [2.75, 3.05) is 31.6 Å². The molecule has 3 rings (SSSR count). The molecule has 1 fully saturated rings. The molecule has 0 unspecified atom stereocenters. The van der Waals surface area contributed by atoms with E-state index in [9.17, 15) is 4.79 Å². The summed E-state index contributed by atoms with van der Waals surface area (Å²) in [6, 6.07) is 0. The maximum atomic E-state index is 12.5. The zero-order chi connectivity index (χ0) is 18.0. The van der Waals surface area contributed by atoms with Crippen LogP contribution < -0.4 is 10.2 Å². The van der Waals surface area contributed by atoms with E-state index in [1.165, 1.54) is 0 Å². The number of carbonyl (C=O) groups excluding carboxylic acids is 1. The maximum Gasteiger partial charge on any atom is 0.246 e. The van der Waals surface area contributed by atoms with Crippen LogP contribution in [0.1, 0.15) is 17.3 Å². The molecule has 1 N–H and O–H groups in total. The first-order valence-corrected chi connectivity index (χ1v) is 8.15. The van der Waals surface area contributed by atoms with Gasteiger partial charge >= 0.3 is 0 Å². The molecule has 0 radical (unpaired) electrons. The van der Waals surface area contributed by atoms with Crippen LogP contribution >= 0.6 is 0 Å². The summed E-state index contributed by atoms with van der Waals surface area (Å²) in [5.74, 6) is 2.10. The number of guanidine groups is 1. The van der Waals surface area contributed by atoms with Crippen molar-refractivity contribution in [2.24, 2.45) is 12.0 Å². The molecule has 0 atom stereocenters. The molecule has 0 saturated carbocycles. The smallest absolute Gasteiger partial charge is 0.246 e. The Morgan fingerprint density at radius 3 is 2.76 bits per heavy atom. The first kappa shape index (κ1) is 17.0. The number of nitrogens with zero attached hydrogens (tertiary/aromatic N) is 6. The summed E-state index contributed by atoms with van der Waals surface area (Å²) >= 11 is 0. The number of aliphatic imine (C=N–C) groups is 1. The topological polar surface area (TPSA) is 91.8 Å². The largest absolute Gasteiger partial charge is 0.444 e. The van der Waals surface area contributed by atoms with Gasteiger partial charge in [0.05, 0.1) is 24.1 Å². The monoisotopic (exact) mass is 345 g/mol. The highest BCUT2D eigenvalue weighted by Gasteiger charge is 2.27. The maximum absolute atomic E-state index is 12.5. The number of amides is 1. The zero-order valence-electron chi connectivity index (χ0n) is 15.0. The average molecular weight is 345 g/mol. The van der Waals surface area contributed by atoms with E-state index in [0.717, 1.165) is 17.1 Å². The number of hydrogen-bond acceptors (Lipinski definition) is 5. The van der Waals surface area contributed by atoms with Crippen molar-refractivity contribution in [3.8, 4) is 0 Å². The summed E-state index contributed by atoms with van der Waals surface area (Å²) in [6.07, 6.45) is 3.54. The number of anilines is 1. The normalized spacial score (nSPS) is 15.8. The van der Waals surface area contributed by atoms with Crippen LogP contribution in [0.3, 0.4) is 0 Å². The highest BCUT2D eigenvalue weighted by atomic mass is 16.4. The molecule has 134 valence electrons. The Morgan fingerprint density at radius 2 is 2.20 bits per heavy atom. The van der Waals surface area contributed by atoms with Gasteiger partial charge in [-0.3, -0.25) is 14.5 Å². The lowest BCUT2D eigenvalue weighted by Gasteiger charge is -2.35. The van der Waals surface area contributed by atoms with Gasteiger partial charge in [0.2, 0.25) is 11.8 Å². The quantitative estimate of drug-likeness (QED) is 0.641. The number of rotatable bonds is 3. The van der Waals surface area contributed by atoms with E-state index in [1.807, 2.05) is 32.0 Å². The summed E-state index contributed by atoms with van der Waals surface area (Å²) in [7, 11) is 3.54. The third kappa shape index (κ3) is 3.65. The minimum atomic E-state index is 0.0185. The Morgan fingerprint density at radius 1 is 1.40 bits per heavy atom. The van der Waals surface area contributed by atoms with Gasteiger partial charge in [-0.15, -0.1) is 0 Å². The predicted molar refractivity (Wildman–Crippen MR) is 93.3 cm³/mol. The van der Waals surface area contributed by atoms with E-state index in [1.54, 1.807) is 22.8 Å². The molecule has 0 bridgehead atoms. The first-order valence-electron chi connectivity index (χ1n) is 8.15. The molecule has 1 saturated heterocycles. The van der Waals surface area contributed by atoms with Gasteiger partial charge in [0, 0.05) is 33.4 Å². The lowest BCUT2D eigenvalue weighted by Crippen LogP contribution is -2.55. The van der Waals surface area contributed by atoms with Crippen molar-refractivity contribution in [3.05, 3.63) is 29.7 Å². The fourth-order valence-corrected chi connectivity index (χ4v) is 2.78. The molecule has 25 heavy (non-hydrogen) atoms. The number of aromatic nitrogens is 3. The molecule has 0 spiro atoms. The van der Waals surface area contributed by atoms with Crippen LogP contribution in [-0.4, -0.2) is 58.2 Å². The Labute approximate surface area is 146 Å². The molecule has 0 aromatic carbocycles. The van der Waals surface area contributed by atoms with E-state index in [0.29, 0.717) is 31.5 Å². The second kappa shape index (κ2) is 6.96. The van der Waals surface area contributed by atoms with Gasteiger partial charge in [-0.25, -0.2) is 4.98 Å². The van der Waals surface area contributed by atoms with E-state index in [-0.39, 0.29) is 12.5 Å². The average Bonchev–Trinajstić information content (AvgIpc) is 3.14. The molecular weight excluding hydrogens is 322 g/mol. The van der Waals surface area contributed by atoms with Gasteiger partial charge < -0.3 is 19.5 Å². The lowest BCUT2D eigenvalue weighted by molar-refractivity contribution is -0.120. The molecule has 1 amide bonds. The van der Waals surface area contributed by atoms with E-state index < -0.39 is 0 Å². The van der Waals surface area contributed by atoms with Crippen LogP contribution in [0.4, 0.5) is 5.69 Å². The zero-order valence-corrected chi connectivity index (χ0v) is 15.0. The van der Waals surface area contributed by atoms with E-state index in [4.69, 9.17) is 4.42 Å². The fraction of sp³-hybridized carbons (Fsp3) is 0.500. The van der Waals surface area contributed by atoms with Crippen molar-refractivity contribution in [2.45, 2.75) is 20.4 Å². The van der Waals surface area contributed by atoms with Gasteiger partial charge in [0.1, 0.15) is 12.3 Å². The second-order valence-electron chi connectivity index (χ2n) is 5.99.